The first-order valence-electron chi connectivity index (χ1n) is 6.30. The van der Waals surface area contributed by atoms with Crippen LogP contribution in [0, 0.1) is 0 Å². The molecule has 6 heteroatoms. The van der Waals surface area contributed by atoms with Gasteiger partial charge in [0, 0.05) is 22.5 Å². The predicted molar refractivity (Wildman–Crippen MR) is 78.6 cm³/mol. The lowest BCUT2D eigenvalue weighted by atomic mass is 10.2. The van der Waals surface area contributed by atoms with Gasteiger partial charge in [-0.05, 0) is 30.8 Å². The highest BCUT2D eigenvalue weighted by molar-refractivity contribution is 7.13. The van der Waals surface area contributed by atoms with Gasteiger partial charge in [-0.25, -0.2) is 4.98 Å². The van der Waals surface area contributed by atoms with Crippen molar-refractivity contribution < 1.29 is 4.79 Å². The Labute approximate surface area is 120 Å². The number of thiazole rings is 1. The highest BCUT2D eigenvalue weighted by Gasteiger charge is 2.28. The molecule has 3 heterocycles. The van der Waals surface area contributed by atoms with Crippen LogP contribution in [-0.4, -0.2) is 28.9 Å². The van der Waals surface area contributed by atoms with Gasteiger partial charge in [0.05, 0.1) is 6.54 Å². The van der Waals surface area contributed by atoms with Gasteiger partial charge in [0.1, 0.15) is 0 Å². The molecule has 1 amide bonds. The molecule has 1 fully saturated rings. The van der Waals surface area contributed by atoms with E-state index in [4.69, 9.17) is 0 Å². The summed E-state index contributed by atoms with van der Waals surface area (Å²) in [6.45, 7) is 1.44. The quantitative estimate of drug-likeness (QED) is 0.942. The molecule has 0 radical (unpaired) electrons. The second-order valence-electron chi connectivity index (χ2n) is 4.53. The number of nitrogens with one attached hydrogen (secondary N) is 1. The number of carbonyl (C=O) groups is 1. The predicted octanol–water partition coefficient (Wildman–Crippen LogP) is 2.98. The number of hydrogen-bond donors (Lipinski definition) is 1. The summed E-state index contributed by atoms with van der Waals surface area (Å²) in [6, 6.07) is 4.64. The van der Waals surface area contributed by atoms with E-state index >= 15 is 0 Å². The van der Waals surface area contributed by atoms with Gasteiger partial charge < -0.3 is 5.32 Å². The Balaban J connectivity index is 1.61. The van der Waals surface area contributed by atoms with Gasteiger partial charge in [-0.15, -0.1) is 22.7 Å². The Hall–Kier alpha value is -1.24. The van der Waals surface area contributed by atoms with E-state index < -0.39 is 0 Å². The second kappa shape index (κ2) is 5.81. The molecule has 0 spiro atoms. The van der Waals surface area contributed by atoms with Crippen molar-refractivity contribution in [1.29, 1.82) is 0 Å². The Bertz CT molecular complexity index is 524. The number of likely N-dealkylation sites (tertiary alicyclic amines) is 1. The van der Waals surface area contributed by atoms with E-state index in [1.54, 1.807) is 17.5 Å². The Morgan fingerprint density at radius 2 is 2.42 bits per heavy atom. The maximum atomic E-state index is 12.0. The molecule has 1 saturated heterocycles. The standard InChI is InChI=1S/C13H15N3OS2/c17-12(15-13-14-5-8-19-13)9-16-6-1-3-10(16)11-4-2-7-18-11/h2,4-5,7-8,10H,1,3,6,9H2,(H,14,15,17). The first-order valence-corrected chi connectivity index (χ1v) is 8.05. The lowest BCUT2D eigenvalue weighted by Gasteiger charge is -2.22. The van der Waals surface area contributed by atoms with Crippen molar-refractivity contribution >= 4 is 33.7 Å². The molecule has 1 atom stereocenters. The molecule has 0 aliphatic carbocycles. The zero-order valence-corrected chi connectivity index (χ0v) is 12.0. The molecule has 2 aromatic heterocycles. The second-order valence-corrected chi connectivity index (χ2v) is 6.40. The molecule has 3 rings (SSSR count). The number of nitrogens with zero attached hydrogens (tertiary/aromatic N) is 2. The fraction of sp³-hybridized carbons (Fsp3) is 0.385. The minimum Gasteiger partial charge on any atom is -0.301 e. The summed E-state index contributed by atoms with van der Waals surface area (Å²) >= 11 is 3.22. The molecule has 0 saturated carbocycles. The largest absolute Gasteiger partial charge is 0.301 e. The zero-order chi connectivity index (χ0) is 13.1. The molecule has 1 N–H and O–H groups in total. The van der Waals surface area contributed by atoms with Crippen LogP contribution in [0.25, 0.3) is 0 Å². The molecule has 0 bridgehead atoms. The van der Waals surface area contributed by atoms with Gasteiger partial charge >= 0.3 is 0 Å². The molecular formula is C13H15N3OS2. The molecule has 1 aliphatic heterocycles. The molecule has 100 valence electrons. The molecule has 4 nitrogen and oxygen atoms in total. The Kier molecular flexibility index (Phi) is 3.91. The lowest BCUT2D eigenvalue weighted by molar-refractivity contribution is -0.117. The lowest BCUT2D eigenvalue weighted by Crippen LogP contribution is -2.32. The van der Waals surface area contributed by atoms with Crippen LogP contribution in [0.1, 0.15) is 23.8 Å². The summed E-state index contributed by atoms with van der Waals surface area (Å²) in [4.78, 5) is 19.7. The van der Waals surface area contributed by atoms with Crippen LogP contribution in [0.4, 0.5) is 5.13 Å². The van der Waals surface area contributed by atoms with E-state index in [2.05, 4.69) is 32.7 Å². The number of amides is 1. The third kappa shape index (κ3) is 3.02. The number of thiophene rings is 1. The van der Waals surface area contributed by atoms with E-state index in [0.29, 0.717) is 17.7 Å². The van der Waals surface area contributed by atoms with Crippen molar-refractivity contribution in [2.45, 2.75) is 18.9 Å². The minimum atomic E-state index is 0.0263. The van der Waals surface area contributed by atoms with Crippen LogP contribution in [0.5, 0.6) is 0 Å². The Morgan fingerprint density at radius 1 is 1.47 bits per heavy atom. The topological polar surface area (TPSA) is 45.2 Å². The van der Waals surface area contributed by atoms with Crippen LogP contribution >= 0.6 is 22.7 Å². The zero-order valence-electron chi connectivity index (χ0n) is 10.4. The smallest absolute Gasteiger partial charge is 0.240 e. The van der Waals surface area contributed by atoms with Crippen molar-refractivity contribution in [3.8, 4) is 0 Å². The number of hydrogen-bond acceptors (Lipinski definition) is 5. The van der Waals surface area contributed by atoms with Crippen LogP contribution in [0.2, 0.25) is 0 Å². The summed E-state index contributed by atoms with van der Waals surface area (Å²) < 4.78 is 0. The molecule has 19 heavy (non-hydrogen) atoms. The maximum absolute atomic E-state index is 12.0. The minimum absolute atomic E-state index is 0.0263. The highest BCUT2D eigenvalue weighted by Crippen LogP contribution is 2.34. The van der Waals surface area contributed by atoms with Crippen molar-refractivity contribution in [1.82, 2.24) is 9.88 Å². The van der Waals surface area contributed by atoms with E-state index in [1.807, 2.05) is 5.38 Å². The fourth-order valence-corrected chi connectivity index (χ4v) is 3.89. The van der Waals surface area contributed by atoms with E-state index in [9.17, 15) is 4.79 Å². The molecule has 1 aliphatic rings. The van der Waals surface area contributed by atoms with E-state index in [0.717, 1.165) is 19.4 Å². The van der Waals surface area contributed by atoms with Gasteiger partial charge in [0.2, 0.25) is 5.91 Å². The SMILES string of the molecule is O=C(CN1CCCC1c1cccs1)Nc1nccs1. The summed E-state index contributed by atoms with van der Waals surface area (Å²) in [5.74, 6) is 0.0263. The number of carbonyl (C=O) groups excluding carboxylic acids is 1. The van der Waals surface area contributed by atoms with E-state index in [-0.39, 0.29) is 5.91 Å². The summed E-state index contributed by atoms with van der Waals surface area (Å²) in [5.41, 5.74) is 0. The average molecular weight is 293 g/mol. The molecule has 1 unspecified atom stereocenters. The maximum Gasteiger partial charge on any atom is 0.240 e. The third-order valence-corrected chi connectivity index (χ3v) is 4.92. The first kappa shape index (κ1) is 12.8. The molecule has 0 aromatic carbocycles. The highest BCUT2D eigenvalue weighted by atomic mass is 32.1. The summed E-state index contributed by atoms with van der Waals surface area (Å²) in [5, 5.41) is 7.48. The normalized spacial score (nSPS) is 19.7. The van der Waals surface area contributed by atoms with Crippen LogP contribution in [0.15, 0.2) is 29.1 Å². The number of aromatic nitrogens is 1. The van der Waals surface area contributed by atoms with Gasteiger partial charge in [0.15, 0.2) is 5.13 Å². The van der Waals surface area contributed by atoms with Crippen molar-refractivity contribution in [2.75, 3.05) is 18.4 Å². The van der Waals surface area contributed by atoms with Crippen molar-refractivity contribution in [2.24, 2.45) is 0 Å². The van der Waals surface area contributed by atoms with Crippen LogP contribution in [-0.2, 0) is 4.79 Å². The van der Waals surface area contributed by atoms with Gasteiger partial charge in [-0.2, -0.15) is 0 Å². The summed E-state index contributed by atoms with van der Waals surface area (Å²) in [7, 11) is 0. The monoisotopic (exact) mass is 293 g/mol. The molecular weight excluding hydrogens is 278 g/mol. The molecule has 2 aromatic rings. The van der Waals surface area contributed by atoms with Gasteiger partial charge in [0.25, 0.3) is 0 Å². The summed E-state index contributed by atoms with van der Waals surface area (Å²) in [6.07, 6.45) is 4.00. The van der Waals surface area contributed by atoms with Gasteiger partial charge in [-0.1, -0.05) is 6.07 Å². The number of anilines is 1. The van der Waals surface area contributed by atoms with Crippen molar-refractivity contribution in [3.63, 3.8) is 0 Å². The van der Waals surface area contributed by atoms with Crippen molar-refractivity contribution in [3.05, 3.63) is 34.0 Å². The first-order chi connectivity index (χ1) is 9.33. The van der Waals surface area contributed by atoms with Gasteiger partial charge in [-0.3, -0.25) is 9.69 Å². The average Bonchev–Trinajstić information content (AvgIpc) is 3.09. The van der Waals surface area contributed by atoms with Crippen LogP contribution < -0.4 is 5.32 Å². The fourth-order valence-electron chi connectivity index (χ4n) is 2.45. The van der Waals surface area contributed by atoms with Crippen LogP contribution in [0.3, 0.4) is 0 Å². The Morgan fingerprint density at radius 3 is 3.16 bits per heavy atom. The van der Waals surface area contributed by atoms with E-state index in [1.165, 1.54) is 16.2 Å². The number of rotatable bonds is 4. The third-order valence-electron chi connectivity index (χ3n) is 3.26.